The molecule has 0 amide bonds. The second kappa shape index (κ2) is 2.73. The van der Waals surface area contributed by atoms with Crippen LogP contribution in [0.1, 0.15) is 0 Å². The van der Waals surface area contributed by atoms with Crippen molar-refractivity contribution < 1.29 is 9.13 Å². The number of methoxy groups -OCH3 is 1. The van der Waals surface area contributed by atoms with Crippen molar-refractivity contribution in [2.75, 3.05) is 7.11 Å². The van der Waals surface area contributed by atoms with Crippen LogP contribution in [0.5, 0.6) is 5.75 Å². The van der Waals surface area contributed by atoms with Crippen LogP contribution in [0.2, 0.25) is 0 Å². The highest BCUT2D eigenvalue weighted by atomic mass is 19.1. The van der Waals surface area contributed by atoms with Crippen LogP contribution >= 0.6 is 0 Å². The molecule has 0 fully saturated rings. The van der Waals surface area contributed by atoms with E-state index in [0.717, 1.165) is 11.2 Å². The summed E-state index contributed by atoms with van der Waals surface area (Å²) >= 11 is 0. The fourth-order valence-corrected chi connectivity index (χ4v) is 0.519. The summed E-state index contributed by atoms with van der Waals surface area (Å²) in [4.78, 5) is 0. The van der Waals surface area contributed by atoms with Crippen molar-refractivity contribution in [3.63, 3.8) is 0 Å². The van der Waals surface area contributed by atoms with E-state index >= 15 is 0 Å². The summed E-state index contributed by atoms with van der Waals surface area (Å²) < 4.78 is 17.5. The standard InChI is InChI=1S/C7H9BFO/c1-10-7-3-2-5(9)4-6(7)8/h2-4H,1,8H3/q-1. The zero-order valence-corrected chi connectivity index (χ0v) is 5.02. The van der Waals surface area contributed by atoms with Gasteiger partial charge in [0.25, 0.3) is 0 Å². The topological polar surface area (TPSA) is 9.23 Å². The lowest BCUT2D eigenvalue weighted by molar-refractivity contribution is 0.417. The zero-order chi connectivity index (χ0) is 7.56. The monoisotopic (exact) mass is 139 g/mol. The Morgan fingerprint density at radius 3 is 2.70 bits per heavy atom. The normalized spacial score (nSPS) is 9.50. The van der Waals surface area contributed by atoms with E-state index in [-0.39, 0.29) is 13.7 Å². The number of rotatable bonds is 1. The first-order valence-corrected chi connectivity index (χ1v) is 2.54. The molecule has 0 N–H and O–H groups in total. The first kappa shape index (κ1) is 7.13. The smallest absolute Gasteiger partial charge is 0.120 e. The summed E-state index contributed by atoms with van der Waals surface area (Å²) in [6, 6.07) is 4.65. The van der Waals surface area contributed by atoms with E-state index in [1.54, 1.807) is 19.2 Å². The minimum atomic E-state index is -0.161. The molecule has 0 saturated heterocycles. The van der Waals surface area contributed by atoms with Gasteiger partial charge in [0.2, 0.25) is 0 Å². The Bertz CT molecular complexity index is 237. The molecule has 0 atom stereocenters. The molecule has 1 nitrogen and oxygen atoms in total. The lowest BCUT2D eigenvalue weighted by Crippen LogP contribution is -2.07. The third-order valence-corrected chi connectivity index (χ3v) is 0.966. The van der Waals surface area contributed by atoms with Crippen molar-refractivity contribution in [2.45, 2.75) is 0 Å². The molecular formula is C7H9BFO-. The Labute approximate surface area is 60.2 Å². The average molecular weight is 139 g/mol. The maximum absolute atomic E-state index is 12.5. The number of halogens is 1. The summed E-state index contributed by atoms with van der Waals surface area (Å²) in [5.74, 6) is 0.673. The van der Waals surface area contributed by atoms with Crippen LogP contribution in [0.4, 0.5) is 4.39 Å². The Morgan fingerprint density at radius 2 is 2.20 bits per heavy atom. The molecule has 1 rings (SSSR count). The fourth-order valence-electron chi connectivity index (χ4n) is 0.519. The lowest BCUT2D eigenvalue weighted by Gasteiger charge is -2.06. The minimum absolute atomic E-state index is 0.0277. The molecule has 1 aromatic carbocycles. The molecule has 0 spiro atoms. The Hall–Kier alpha value is -0.985. The second-order valence-electron chi connectivity index (χ2n) is 1.58. The summed E-state index contributed by atoms with van der Waals surface area (Å²) in [6.45, 7) is 0. The molecule has 54 valence electrons. The quantitative estimate of drug-likeness (QED) is 0.490. The number of benzene rings is 1. The predicted molar refractivity (Wildman–Crippen MR) is 42.5 cm³/mol. The van der Waals surface area contributed by atoms with E-state index < -0.39 is 0 Å². The second-order valence-corrected chi connectivity index (χ2v) is 1.58. The van der Waals surface area contributed by atoms with E-state index in [0.29, 0.717) is 0 Å². The maximum atomic E-state index is 12.5. The molecule has 0 aliphatic rings. The van der Waals surface area contributed by atoms with Gasteiger partial charge in [-0.3, -0.25) is 0 Å². The Morgan fingerprint density at radius 1 is 1.50 bits per heavy atom. The third-order valence-electron chi connectivity index (χ3n) is 0.966. The largest absolute Gasteiger partial charge is 0.500 e. The molecule has 3 heteroatoms. The van der Waals surface area contributed by atoms with Gasteiger partial charge in [-0.2, -0.15) is 5.46 Å². The molecule has 0 bridgehead atoms. The SMILES string of the molecule is [BH3-]c1cc(F)ccc1OC. The first-order valence-electron chi connectivity index (χ1n) is 2.54. The molecule has 0 aromatic heterocycles. The maximum Gasteiger partial charge on any atom is 0.120 e. The summed E-state index contributed by atoms with van der Waals surface area (Å²) in [7, 11) is 1.64. The summed E-state index contributed by atoms with van der Waals surface area (Å²) in [5.41, 5.74) is 1.07. The Balaban J connectivity index is 3.07. The van der Waals surface area contributed by atoms with Crippen LogP contribution in [0.15, 0.2) is 18.2 Å². The summed E-state index contributed by atoms with van der Waals surface area (Å²) in [5, 5.41) is 0. The Kier molecular flexibility index (Phi) is 1.95. The highest BCUT2D eigenvalue weighted by Gasteiger charge is 1.92. The van der Waals surface area contributed by atoms with E-state index in [9.17, 15) is 4.39 Å². The van der Waals surface area contributed by atoms with Crippen molar-refractivity contribution in [3.8, 4) is 5.75 Å². The van der Waals surface area contributed by atoms with Gasteiger partial charge in [-0.15, -0.1) is 0 Å². The molecule has 0 unspecified atom stereocenters. The first-order chi connectivity index (χ1) is 4.74. The van der Waals surface area contributed by atoms with Crippen molar-refractivity contribution in [3.05, 3.63) is 24.0 Å². The zero-order valence-electron chi connectivity index (χ0n) is 5.02. The van der Waals surface area contributed by atoms with Crippen molar-refractivity contribution in [2.24, 2.45) is 0 Å². The third kappa shape index (κ3) is 1.29. The van der Waals surface area contributed by atoms with Gasteiger partial charge in [0.15, 0.2) is 0 Å². The molecule has 0 aliphatic heterocycles. The minimum Gasteiger partial charge on any atom is -0.500 e. The molecule has 1 aromatic rings. The van der Waals surface area contributed by atoms with Crippen LogP contribution in [-0.2, 0) is 0 Å². The van der Waals surface area contributed by atoms with E-state index in [2.05, 4.69) is 0 Å². The summed E-state index contributed by atoms with van der Waals surface area (Å²) in [6.07, 6.45) is 0. The van der Waals surface area contributed by atoms with Crippen molar-refractivity contribution >= 4 is 13.3 Å². The average Bonchev–Trinajstić information content (AvgIpc) is 1.88. The van der Waals surface area contributed by atoms with Crippen molar-refractivity contribution in [1.82, 2.24) is 0 Å². The van der Waals surface area contributed by atoms with E-state index in [1.165, 1.54) is 6.07 Å². The van der Waals surface area contributed by atoms with E-state index in [4.69, 9.17) is 4.74 Å². The van der Waals surface area contributed by atoms with Gasteiger partial charge >= 0.3 is 0 Å². The molecule has 0 saturated carbocycles. The van der Waals surface area contributed by atoms with Gasteiger partial charge in [0.05, 0.1) is 12.9 Å². The van der Waals surface area contributed by atoms with Crippen LogP contribution in [0.25, 0.3) is 0 Å². The van der Waals surface area contributed by atoms with Gasteiger partial charge in [-0.25, -0.2) is 4.39 Å². The van der Waals surface area contributed by atoms with Gasteiger partial charge in [0, 0.05) is 0 Å². The molecule has 0 radical (unpaired) electrons. The van der Waals surface area contributed by atoms with E-state index in [1.807, 2.05) is 0 Å². The van der Waals surface area contributed by atoms with Crippen LogP contribution in [0.3, 0.4) is 0 Å². The van der Waals surface area contributed by atoms with Gasteiger partial charge < -0.3 is 4.74 Å². The van der Waals surface area contributed by atoms with Gasteiger partial charge in [-0.05, 0) is 20.0 Å². The van der Waals surface area contributed by atoms with Crippen LogP contribution in [0, 0.1) is 5.82 Å². The highest BCUT2D eigenvalue weighted by molar-refractivity contribution is 6.34. The fraction of sp³-hybridized carbons (Fsp3) is 0.143. The molecule has 10 heavy (non-hydrogen) atoms. The molecular weight excluding hydrogens is 130 g/mol. The lowest BCUT2D eigenvalue weighted by atomic mass is 9.95. The van der Waals surface area contributed by atoms with Crippen LogP contribution < -0.4 is 10.2 Å². The van der Waals surface area contributed by atoms with Gasteiger partial charge in [-0.1, -0.05) is 6.07 Å². The highest BCUT2D eigenvalue weighted by Crippen LogP contribution is 2.05. The van der Waals surface area contributed by atoms with Crippen molar-refractivity contribution in [1.29, 1.82) is 0 Å². The molecule has 0 aliphatic carbocycles. The number of ether oxygens (including phenoxy) is 1. The number of hydrogen-bond acceptors (Lipinski definition) is 1. The molecule has 0 heterocycles. The van der Waals surface area contributed by atoms with Gasteiger partial charge in [0.1, 0.15) is 5.82 Å². The number of hydrogen-bond donors (Lipinski definition) is 0. The van der Waals surface area contributed by atoms with Crippen LogP contribution in [-0.4, -0.2) is 15.0 Å². The predicted octanol–water partition coefficient (Wildman–Crippen LogP) is -0.175.